The van der Waals surface area contributed by atoms with Gasteiger partial charge in [-0.25, -0.2) is 0 Å². The minimum Gasteiger partial charge on any atom is -0.391 e. The fraction of sp³-hybridized carbons (Fsp3) is 0.632. The second kappa shape index (κ2) is 7.85. The van der Waals surface area contributed by atoms with Crippen LogP contribution in [0.15, 0.2) is 24.3 Å². The summed E-state index contributed by atoms with van der Waals surface area (Å²) in [7, 11) is 0. The highest BCUT2D eigenvalue weighted by Gasteiger charge is 2.36. The highest BCUT2D eigenvalue weighted by Crippen LogP contribution is 2.28. The molecule has 0 saturated carbocycles. The van der Waals surface area contributed by atoms with Crippen LogP contribution in [0.25, 0.3) is 0 Å². The molecule has 0 aromatic heterocycles. The topological polar surface area (TPSA) is 43.8 Å². The third kappa shape index (κ3) is 4.11. The van der Waals surface area contributed by atoms with Crippen molar-refractivity contribution < 1.29 is 9.90 Å². The summed E-state index contributed by atoms with van der Waals surface area (Å²) in [6.45, 7) is 4.36. The number of aliphatic hydroxyl groups excluding tert-OH is 1. The summed E-state index contributed by atoms with van der Waals surface area (Å²) in [6, 6.07) is 8.57. The molecular formula is C19H27ClN2O2. The number of carbonyl (C=O) groups is 1. The summed E-state index contributed by atoms with van der Waals surface area (Å²) in [6.07, 6.45) is 4.50. The molecule has 5 heteroatoms. The fourth-order valence-electron chi connectivity index (χ4n) is 4.14. The summed E-state index contributed by atoms with van der Waals surface area (Å²) in [5.41, 5.74) is 1.22. The van der Waals surface area contributed by atoms with E-state index in [9.17, 15) is 9.90 Å². The summed E-state index contributed by atoms with van der Waals surface area (Å²) in [5, 5.41) is 11.3. The van der Waals surface area contributed by atoms with Gasteiger partial charge in [-0.05, 0) is 56.3 Å². The molecule has 132 valence electrons. The number of amides is 1. The first kappa shape index (κ1) is 17.7. The SMILES string of the molecule is CC(=O)N1CCC(N2CCC[C@H](O)[C@@H]2Cc2ccc(Cl)cc2)CC1. The molecule has 3 rings (SSSR count). The van der Waals surface area contributed by atoms with Crippen LogP contribution in [0.2, 0.25) is 5.02 Å². The second-order valence-corrected chi connectivity index (χ2v) is 7.52. The van der Waals surface area contributed by atoms with E-state index in [2.05, 4.69) is 17.0 Å². The lowest BCUT2D eigenvalue weighted by Crippen LogP contribution is -2.56. The molecule has 0 aliphatic carbocycles. The second-order valence-electron chi connectivity index (χ2n) is 7.08. The number of hydrogen-bond acceptors (Lipinski definition) is 3. The average Bonchev–Trinajstić information content (AvgIpc) is 2.58. The van der Waals surface area contributed by atoms with Crippen LogP contribution in [-0.2, 0) is 11.2 Å². The first-order valence-electron chi connectivity index (χ1n) is 8.98. The average molecular weight is 351 g/mol. The van der Waals surface area contributed by atoms with Gasteiger partial charge >= 0.3 is 0 Å². The standard InChI is InChI=1S/C19H27ClN2O2/c1-14(23)21-11-8-17(9-12-21)22-10-2-3-19(24)18(22)13-15-4-6-16(20)7-5-15/h4-7,17-19,24H,2-3,8-13H2,1H3/t18-,19-/m0/s1. The van der Waals surface area contributed by atoms with E-state index in [0.29, 0.717) is 6.04 Å². The Labute approximate surface area is 149 Å². The molecule has 0 unspecified atom stereocenters. The van der Waals surface area contributed by atoms with Gasteiger partial charge in [-0.2, -0.15) is 0 Å². The molecule has 1 aromatic rings. The Kier molecular flexibility index (Phi) is 5.80. The van der Waals surface area contributed by atoms with Crippen molar-refractivity contribution >= 4 is 17.5 Å². The Morgan fingerprint density at radius 1 is 1.17 bits per heavy atom. The molecule has 1 amide bonds. The summed E-state index contributed by atoms with van der Waals surface area (Å²) in [5.74, 6) is 0.171. The highest BCUT2D eigenvalue weighted by molar-refractivity contribution is 6.30. The molecule has 1 aromatic carbocycles. The van der Waals surface area contributed by atoms with Crippen molar-refractivity contribution in [2.24, 2.45) is 0 Å². The third-order valence-corrected chi connectivity index (χ3v) is 5.78. The van der Waals surface area contributed by atoms with Gasteiger partial charge in [0.05, 0.1) is 6.10 Å². The van der Waals surface area contributed by atoms with Gasteiger partial charge in [-0.15, -0.1) is 0 Å². The maximum absolute atomic E-state index is 11.5. The van der Waals surface area contributed by atoms with Gasteiger partial charge in [0.1, 0.15) is 0 Å². The zero-order valence-electron chi connectivity index (χ0n) is 14.3. The zero-order chi connectivity index (χ0) is 17.1. The molecule has 0 radical (unpaired) electrons. The van der Waals surface area contributed by atoms with Crippen LogP contribution in [0.4, 0.5) is 0 Å². The van der Waals surface area contributed by atoms with E-state index in [-0.39, 0.29) is 18.1 Å². The van der Waals surface area contributed by atoms with Crippen LogP contribution in [0.3, 0.4) is 0 Å². The number of piperidine rings is 2. The number of hydrogen-bond donors (Lipinski definition) is 1. The Balaban J connectivity index is 1.68. The van der Waals surface area contributed by atoms with Gasteiger partial charge in [0.25, 0.3) is 0 Å². The maximum atomic E-state index is 11.5. The Morgan fingerprint density at radius 3 is 2.46 bits per heavy atom. The van der Waals surface area contributed by atoms with Crippen LogP contribution in [0.1, 0.15) is 38.2 Å². The van der Waals surface area contributed by atoms with Crippen molar-refractivity contribution in [2.45, 2.75) is 57.2 Å². The van der Waals surface area contributed by atoms with E-state index in [0.717, 1.165) is 56.8 Å². The molecule has 2 aliphatic rings. The predicted octanol–water partition coefficient (Wildman–Crippen LogP) is 2.72. The van der Waals surface area contributed by atoms with Gasteiger partial charge in [0.15, 0.2) is 0 Å². The lowest BCUT2D eigenvalue weighted by Gasteiger charge is -2.46. The summed E-state index contributed by atoms with van der Waals surface area (Å²) in [4.78, 5) is 16.0. The van der Waals surface area contributed by atoms with Crippen LogP contribution in [0.5, 0.6) is 0 Å². The molecule has 0 bridgehead atoms. The van der Waals surface area contributed by atoms with Gasteiger partial charge in [0, 0.05) is 37.1 Å². The van der Waals surface area contributed by atoms with Crippen molar-refractivity contribution in [2.75, 3.05) is 19.6 Å². The lowest BCUT2D eigenvalue weighted by molar-refractivity contribution is -0.131. The number of likely N-dealkylation sites (tertiary alicyclic amines) is 2. The van der Waals surface area contributed by atoms with E-state index in [4.69, 9.17) is 11.6 Å². The Morgan fingerprint density at radius 2 is 1.83 bits per heavy atom. The van der Waals surface area contributed by atoms with Crippen molar-refractivity contribution in [3.8, 4) is 0 Å². The van der Waals surface area contributed by atoms with Crippen LogP contribution in [0, 0.1) is 0 Å². The van der Waals surface area contributed by atoms with Gasteiger partial charge in [-0.3, -0.25) is 9.69 Å². The first-order valence-corrected chi connectivity index (χ1v) is 9.36. The quantitative estimate of drug-likeness (QED) is 0.911. The molecule has 4 nitrogen and oxygen atoms in total. The lowest BCUT2D eigenvalue weighted by atomic mass is 9.89. The minimum atomic E-state index is -0.278. The van der Waals surface area contributed by atoms with E-state index in [1.165, 1.54) is 5.56 Å². The molecule has 2 heterocycles. The number of nitrogens with zero attached hydrogens (tertiary/aromatic N) is 2. The summed E-state index contributed by atoms with van der Waals surface area (Å²) >= 11 is 5.98. The summed E-state index contributed by atoms with van der Waals surface area (Å²) < 4.78 is 0. The van der Waals surface area contributed by atoms with E-state index < -0.39 is 0 Å². The molecular weight excluding hydrogens is 324 g/mol. The largest absolute Gasteiger partial charge is 0.391 e. The van der Waals surface area contributed by atoms with E-state index in [1.54, 1.807) is 6.92 Å². The molecule has 0 spiro atoms. The van der Waals surface area contributed by atoms with Gasteiger partial charge in [-0.1, -0.05) is 23.7 Å². The van der Waals surface area contributed by atoms with Crippen LogP contribution >= 0.6 is 11.6 Å². The normalized spacial score (nSPS) is 26.5. The van der Waals surface area contributed by atoms with Crippen molar-refractivity contribution in [1.29, 1.82) is 0 Å². The third-order valence-electron chi connectivity index (χ3n) is 5.52. The smallest absolute Gasteiger partial charge is 0.219 e. The Bertz CT molecular complexity index is 555. The highest BCUT2D eigenvalue weighted by atomic mass is 35.5. The monoisotopic (exact) mass is 350 g/mol. The molecule has 2 fully saturated rings. The molecule has 2 aliphatic heterocycles. The molecule has 2 atom stereocenters. The Hall–Kier alpha value is -1.10. The van der Waals surface area contributed by atoms with Gasteiger partial charge < -0.3 is 10.0 Å². The zero-order valence-corrected chi connectivity index (χ0v) is 15.1. The van der Waals surface area contributed by atoms with Crippen LogP contribution < -0.4 is 0 Å². The predicted molar refractivity (Wildman–Crippen MR) is 96.2 cm³/mol. The number of carbonyl (C=O) groups excluding carboxylic acids is 1. The maximum Gasteiger partial charge on any atom is 0.219 e. The number of rotatable bonds is 3. The fourth-order valence-corrected chi connectivity index (χ4v) is 4.27. The first-order chi connectivity index (χ1) is 11.5. The van der Waals surface area contributed by atoms with Crippen molar-refractivity contribution in [3.05, 3.63) is 34.9 Å². The van der Waals surface area contributed by atoms with E-state index >= 15 is 0 Å². The number of aliphatic hydroxyl groups is 1. The molecule has 2 saturated heterocycles. The van der Waals surface area contributed by atoms with Crippen molar-refractivity contribution in [1.82, 2.24) is 9.80 Å². The minimum absolute atomic E-state index is 0.161. The van der Waals surface area contributed by atoms with Gasteiger partial charge in [0.2, 0.25) is 5.91 Å². The molecule has 1 N–H and O–H groups in total. The van der Waals surface area contributed by atoms with Crippen LogP contribution in [-0.4, -0.2) is 58.6 Å². The van der Waals surface area contributed by atoms with E-state index in [1.807, 2.05) is 17.0 Å². The number of halogens is 1. The number of benzene rings is 1. The molecule has 24 heavy (non-hydrogen) atoms. The van der Waals surface area contributed by atoms with Crippen molar-refractivity contribution in [3.63, 3.8) is 0 Å².